The standard InChI is InChI=1S/C13H18O2/c1-3-4-5-6-7-8-9-10-11-12-13(14)15-2/h3-6,11-12H2,1-2H3. The quantitative estimate of drug-likeness (QED) is 0.392. The minimum absolute atomic E-state index is 0.222. The number of unbranched alkanes of at least 4 members (excludes halogenated alkanes) is 3. The third-order valence-electron chi connectivity index (χ3n) is 1.83. The molecule has 0 aliphatic carbocycles. The van der Waals surface area contributed by atoms with Gasteiger partial charge >= 0.3 is 5.97 Å². The van der Waals surface area contributed by atoms with Crippen LogP contribution in [-0.2, 0) is 9.53 Å². The van der Waals surface area contributed by atoms with Crippen LogP contribution in [0.3, 0.4) is 0 Å². The van der Waals surface area contributed by atoms with Crippen molar-refractivity contribution < 1.29 is 9.53 Å². The van der Waals surface area contributed by atoms with Gasteiger partial charge in [-0.05, 0) is 18.3 Å². The second kappa shape index (κ2) is 10.7. The number of ether oxygens (including phenoxy) is 1. The van der Waals surface area contributed by atoms with E-state index in [1.54, 1.807) is 0 Å². The third kappa shape index (κ3) is 10.5. The highest BCUT2D eigenvalue weighted by Crippen LogP contribution is 1.96. The molecule has 0 bridgehead atoms. The Labute approximate surface area is 92.4 Å². The van der Waals surface area contributed by atoms with Crippen LogP contribution in [-0.4, -0.2) is 13.1 Å². The highest BCUT2D eigenvalue weighted by molar-refractivity contribution is 5.69. The lowest BCUT2D eigenvalue weighted by Gasteiger charge is -1.91. The molecule has 0 radical (unpaired) electrons. The molecule has 0 spiro atoms. The van der Waals surface area contributed by atoms with E-state index in [0.29, 0.717) is 12.8 Å². The van der Waals surface area contributed by atoms with Gasteiger partial charge in [-0.25, -0.2) is 0 Å². The molecule has 0 amide bonds. The first kappa shape index (κ1) is 13.6. The summed E-state index contributed by atoms with van der Waals surface area (Å²) in [5, 5.41) is 0. The molecule has 0 heterocycles. The summed E-state index contributed by atoms with van der Waals surface area (Å²) in [6, 6.07) is 0. The van der Waals surface area contributed by atoms with Crippen molar-refractivity contribution in [2.75, 3.05) is 7.11 Å². The van der Waals surface area contributed by atoms with Gasteiger partial charge in [0.25, 0.3) is 0 Å². The number of hydrogen-bond donors (Lipinski definition) is 0. The van der Waals surface area contributed by atoms with Crippen molar-refractivity contribution in [2.24, 2.45) is 0 Å². The lowest BCUT2D eigenvalue weighted by Crippen LogP contribution is -1.97. The molecule has 15 heavy (non-hydrogen) atoms. The van der Waals surface area contributed by atoms with Crippen LogP contribution in [0.5, 0.6) is 0 Å². The molecule has 0 aliphatic heterocycles. The van der Waals surface area contributed by atoms with Gasteiger partial charge in [0.15, 0.2) is 0 Å². The van der Waals surface area contributed by atoms with Gasteiger partial charge in [-0.15, -0.1) is 0 Å². The van der Waals surface area contributed by atoms with Gasteiger partial charge in [-0.2, -0.15) is 0 Å². The molecule has 0 saturated heterocycles. The first-order valence-electron chi connectivity index (χ1n) is 5.33. The maximum atomic E-state index is 10.7. The SMILES string of the molecule is CCCCCC#CC#CCCC(=O)OC. The molecule has 0 unspecified atom stereocenters. The van der Waals surface area contributed by atoms with Crippen molar-refractivity contribution in [3.8, 4) is 23.7 Å². The lowest BCUT2D eigenvalue weighted by atomic mass is 10.2. The van der Waals surface area contributed by atoms with Crippen LogP contribution in [0.4, 0.5) is 0 Å². The highest BCUT2D eigenvalue weighted by Gasteiger charge is 1.94. The smallest absolute Gasteiger partial charge is 0.306 e. The van der Waals surface area contributed by atoms with Gasteiger partial charge in [-0.3, -0.25) is 4.79 Å². The minimum Gasteiger partial charge on any atom is -0.469 e. The molecule has 0 atom stereocenters. The Kier molecular flexibility index (Phi) is 9.67. The molecule has 82 valence electrons. The fraction of sp³-hybridized carbons (Fsp3) is 0.615. The Hall–Kier alpha value is -1.41. The normalized spacial score (nSPS) is 8.13. The summed E-state index contributed by atoms with van der Waals surface area (Å²) in [5.41, 5.74) is 0. The number of methoxy groups -OCH3 is 1. The number of carbonyl (C=O) groups excluding carboxylic acids is 1. The minimum atomic E-state index is -0.222. The molecule has 0 fully saturated rings. The summed E-state index contributed by atoms with van der Waals surface area (Å²) >= 11 is 0. The van der Waals surface area contributed by atoms with Gasteiger partial charge in [0, 0.05) is 12.8 Å². The molecular weight excluding hydrogens is 188 g/mol. The Bertz CT molecular complexity index is 283. The average molecular weight is 206 g/mol. The van der Waals surface area contributed by atoms with E-state index in [9.17, 15) is 4.79 Å². The summed E-state index contributed by atoms with van der Waals surface area (Å²) in [6.45, 7) is 2.17. The second-order valence-corrected chi connectivity index (χ2v) is 3.14. The van der Waals surface area contributed by atoms with Crippen molar-refractivity contribution >= 4 is 5.97 Å². The van der Waals surface area contributed by atoms with Crippen molar-refractivity contribution in [2.45, 2.75) is 45.4 Å². The Morgan fingerprint density at radius 1 is 1.13 bits per heavy atom. The van der Waals surface area contributed by atoms with E-state index in [2.05, 4.69) is 35.3 Å². The van der Waals surface area contributed by atoms with E-state index in [1.807, 2.05) is 0 Å². The van der Waals surface area contributed by atoms with Crippen molar-refractivity contribution in [3.63, 3.8) is 0 Å². The van der Waals surface area contributed by atoms with Gasteiger partial charge in [0.1, 0.15) is 0 Å². The zero-order valence-electron chi connectivity index (χ0n) is 9.56. The van der Waals surface area contributed by atoms with Crippen molar-refractivity contribution in [1.29, 1.82) is 0 Å². The third-order valence-corrected chi connectivity index (χ3v) is 1.83. The van der Waals surface area contributed by atoms with Gasteiger partial charge < -0.3 is 4.74 Å². The first-order chi connectivity index (χ1) is 7.31. The van der Waals surface area contributed by atoms with Crippen LogP contribution in [0.25, 0.3) is 0 Å². The first-order valence-corrected chi connectivity index (χ1v) is 5.33. The second-order valence-electron chi connectivity index (χ2n) is 3.14. The summed E-state index contributed by atoms with van der Waals surface area (Å²) in [6.07, 6.45) is 5.38. The number of rotatable bonds is 5. The molecule has 2 heteroatoms. The summed E-state index contributed by atoms with van der Waals surface area (Å²) in [4.78, 5) is 10.7. The molecular formula is C13H18O2. The molecule has 2 nitrogen and oxygen atoms in total. The summed E-state index contributed by atoms with van der Waals surface area (Å²) in [7, 11) is 1.38. The Morgan fingerprint density at radius 3 is 2.40 bits per heavy atom. The van der Waals surface area contributed by atoms with Crippen LogP contribution in [0.2, 0.25) is 0 Å². The molecule has 0 saturated carbocycles. The molecule has 0 aliphatic rings. The maximum absolute atomic E-state index is 10.7. The van der Waals surface area contributed by atoms with Gasteiger partial charge in [-0.1, -0.05) is 31.6 Å². The van der Waals surface area contributed by atoms with Crippen LogP contribution in [0, 0.1) is 23.7 Å². The van der Waals surface area contributed by atoms with Crippen LogP contribution >= 0.6 is 0 Å². The summed E-state index contributed by atoms with van der Waals surface area (Å²) in [5.74, 6) is 11.1. The number of carbonyl (C=O) groups is 1. The zero-order chi connectivity index (χ0) is 11.4. The topological polar surface area (TPSA) is 26.3 Å². The Balaban J connectivity index is 3.48. The largest absolute Gasteiger partial charge is 0.469 e. The summed E-state index contributed by atoms with van der Waals surface area (Å²) < 4.78 is 4.48. The predicted molar refractivity (Wildman–Crippen MR) is 60.9 cm³/mol. The monoisotopic (exact) mass is 206 g/mol. The fourth-order valence-corrected chi connectivity index (χ4v) is 0.943. The fourth-order valence-electron chi connectivity index (χ4n) is 0.943. The van der Waals surface area contributed by atoms with E-state index >= 15 is 0 Å². The maximum Gasteiger partial charge on any atom is 0.306 e. The van der Waals surface area contributed by atoms with E-state index in [-0.39, 0.29) is 5.97 Å². The lowest BCUT2D eigenvalue weighted by molar-refractivity contribution is -0.140. The molecule has 0 N–H and O–H groups in total. The van der Waals surface area contributed by atoms with E-state index in [4.69, 9.17) is 0 Å². The predicted octanol–water partition coefficient (Wildman–Crippen LogP) is 2.53. The van der Waals surface area contributed by atoms with Crippen LogP contribution in [0.1, 0.15) is 45.4 Å². The van der Waals surface area contributed by atoms with Gasteiger partial charge in [0.2, 0.25) is 0 Å². The van der Waals surface area contributed by atoms with Crippen molar-refractivity contribution in [3.05, 3.63) is 0 Å². The van der Waals surface area contributed by atoms with Crippen LogP contribution in [0.15, 0.2) is 0 Å². The van der Waals surface area contributed by atoms with Crippen LogP contribution < -0.4 is 0 Å². The Morgan fingerprint density at radius 2 is 1.80 bits per heavy atom. The van der Waals surface area contributed by atoms with Crippen molar-refractivity contribution in [1.82, 2.24) is 0 Å². The van der Waals surface area contributed by atoms with E-state index in [0.717, 1.165) is 12.8 Å². The average Bonchev–Trinajstić information content (AvgIpc) is 2.26. The molecule has 0 aromatic carbocycles. The molecule has 0 aromatic rings. The van der Waals surface area contributed by atoms with Gasteiger partial charge in [0.05, 0.1) is 13.5 Å². The van der Waals surface area contributed by atoms with E-state index < -0.39 is 0 Å². The zero-order valence-corrected chi connectivity index (χ0v) is 9.56. The van der Waals surface area contributed by atoms with E-state index in [1.165, 1.54) is 20.0 Å². The molecule has 0 aromatic heterocycles. The molecule has 0 rings (SSSR count). The number of esters is 1. The highest BCUT2D eigenvalue weighted by atomic mass is 16.5. The number of hydrogen-bond acceptors (Lipinski definition) is 2.